The monoisotopic (exact) mass is 585 g/mol. The number of halogens is 3. The summed E-state index contributed by atoms with van der Waals surface area (Å²) in [6.45, 7) is 0. The highest BCUT2D eigenvalue weighted by Gasteiger charge is 2.20. The number of Topliss-reactive ketones (excluding diaryl/α,β-unsaturated/α-hetero) is 1. The zero-order valence-corrected chi connectivity index (χ0v) is 20.6. The molecular weight excluding hydrogens is 574 g/mol. The fraction of sp³-hybridized carbons (Fsp3) is 0.100. The quantitative estimate of drug-likeness (QED) is 0.297. The van der Waals surface area contributed by atoms with Crippen molar-refractivity contribution >= 4 is 78.2 Å². The number of methoxy groups -OCH3 is 1. The average molecular weight is 588 g/mol. The largest absolute Gasteiger partial charge is 0.503 e. The van der Waals surface area contributed by atoms with Crippen LogP contribution < -0.4 is 10.5 Å². The fourth-order valence-electron chi connectivity index (χ4n) is 2.30. The second kappa shape index (κ2) is 11.3. The summed E-state index contributed by atoms with van der Waals surface area (Å²) < 4.78 is 5.72. The van der Waals surface area contributed by atoms with Crippen molar-refractivity contribution in [2.45, 2.75) is 0 Å². The van der Waals surface area contributed by atoms with Gasteiger partial charge in [0, 0.05) is 10.0 Å². The van der Waals surface area contributed by atoms with E-state index in [1.54, 1.807) is 30.3 Å². The average Bonchev–Trinajstić information content (AvgIpc) is 3.06. The summed E-state index contributed by atoms with van der Waals surface area (Å²) in [6.07, 6.45) is 1.59. The van der Waals surface area contributed by atoms with Crippen molar-refractivity contribution in [2.24, 2.45) is 10.7 Å². The van der Waals surface area contributed by atoms with Gasteiger partial charge in [0.1, 0.15) is 0 Å². The normalized spacial score (nSPS) is 13.8. The molecule has 3 rings (SSSR count). The Bertz CT molecular complexity index is 1150. The first-order chi connectivity index (χ1) is 14.7. The number of phenolic OH excluding ortho intramolecular Hbond substituents is 1. The highest BCUT2D eigenvalue weighted by molar-refractivity contribution is 9.10. The molecule has 0 aromatic heterocycles. The minimum absolute atomic E-state index is 0.0298. The third-order valence-electron chi connectivity index (χ3n) is 3.68. The lowest BCUT2D eigenvalue weighted by Crippen LogP contribution is -2.01. The molecule has 160 valence electrons. The molecule has 0 saturated carbocycles. The number of rotatable bonds is 4. The van der Waals surface area contributed by atoms with Gasteiger partial charge in [0.15, 0.2) is 22.4 Å². The molecule has 1 aliphatic heterocycles. The number of alkyl halides is 1. The lowest BCUT2D eigenvalue weighted by molar-refractivity contribution is -0.113. The number of ketones is 1. The molecule has 1 aliphatic rings. The van der Waals surface area contributed by atoms with E-state index in [2.05, 4.69) is 36.9 Å². The third-order valence-corrected chi connectivity index (χ3v) is 5.74. The van der Waals surface area contributed by atoms with Crippen LogP contribution in [0, 0.1) is 11.3 Å². The second-order valence-electron chi connectivity index (χ2n) is 5.82. The molecule has 0 aliphatic carbocycles. The van der Waals surface area contributed by atoms with Crippen LogP contribution >= 0.6 is 55.2 Å². The lowest BCUT2D eigenvalue weighted by atomic mass is 10.1. The van der Waals surface area contributed by atoms with E-state index in [4.69, 9.17) is 27.3 Å². The van der Waals surface area contributed by atoms with Crippen LogP contribution in [-0.4, -0.2) is 34.4 Å². The maximum absolute atomic E-state index is 11.4. The van der Waals surface area contributed by atoms with Crippen molar-refractivity contribution in [3.05, 3.63) is 61.4 Å². The maximum atomic E-state index is 11.4. The van der Waals surface area contributed by atoms with Gasteiger partial charge in [-0.15, -0.1) is 0 Å². The predicted molar refractivity (Wildman–Crippen MR) is 129 cm³/mol. The predicted octanol–water partition coefficient (Wildman–Crippen LogP) is 4.88. The lowest BCUT2D eigenvalue weighted by Gasteiger charge is -2.06. The Morgan fingerprint density at radius 1 is 1.39 bits per heavy atom. The summed E-state index contributed by atoms with van der Waals surface area (Å²) in [4.78, 5) is 26.7. The number of nitriles is 1. The molecule has 0 fully saturated rings. The van der Waals surface area contributed by atoms with Crippen molar-refractivity contribution in [1.29, 1.82) is 5.26 Å². The van der Waals surface area contributed by atoms with Crippen molar-refractivity contribution < 1.29 is 19.4 Å². The van der Waals surface area contributed by atoms with Gasteiger partial charge in [-0.1, -0.05) is 43.5 Å². The molecular formula is C20H14Br2ClN3O4S. The van der Waals surface area contributed by atoms with E-state index in [1.165, 1.54) is 13.2 Å². The molecule has 0 spiro atoms. The molecule has 0 atom stereocenters. The van der Waals surface area contributed by atoms with Gasteiger partial charge in [0.25, 0.3) is 5.91 Å². The number of aromatic hydroxyl groups is 1. The number of aliphatic imine (C=N–C) groups is 1. The van der Waals surface area contributed by atoms with E-state index in [9.17, 15) is 14.7 Å². The number of ether oxygens (including phenoxy) is 1. The van der Waals surface area contributed by atoms with Gasteiger partial charge < -0.3 is 15.6 Å². The van der Waals surface area contributed by atoms with Crippen LogP contribution in [0.3, 0.4) is 0 Å². The van der Waals surface area contributed by atoms with Gasteiger partial charge in [-0.2, -0.15) is 10.3 Å². The SMILES string of the molecule is COc1cc(/C=C2\SC(N)=NC2=O)cc(Cl)c1O.N#Cc1cc(Br)cc(C(=O)CBr)c1. The van der Waals surface area contributed by atoms with Gasteiger partial charge in [-0.25, -0.2) is 0 Å². The molecule has 11 heteroatoms. The van der Waals surface area contributed by atoms with Crippen LogP contribution in [0.4, 0.5) is 0 Å². The standard InChI is InChI=1S/C11H9ClN2O3S.C9H5Br2NO/c1-17-7-3-5(2-6(12)9(7)15)4-8-10(16)14-11(13)18-8;10-4-9(13)7-1-6(5-12)2-8(11)3-7/h2-4,15H,1H3,(H2,13,14,16);1-3H,4H2/b8-4-;. The van der Waals surface area contributed by atoms with E-state index >= 15 is 0 Å². The molecule has 2 aromatic rings. The Kier molecular flexibility index (Phi) is 9.13. The Labute approximate surface area is 204 Å². The van der Waals surface area contributed by atoms with E-state index < -0.39 is 0 Å². The number of amidine groups is 1. The molecule has 1 heterocycles. The Balaban J connectivity index is 0.000000233. The number of carbonyl (C=O) groups is 2. The number of thioether (sulfide) groups is 1. The molecule has 7 nitrogen and oxygen atoms in total. The fourth-order valence-corrected chi connectivity index (χ4v) is 4.02. The highest BCUT2D eigenvalue weighted by atomic mass is 79.9. The molecule has 0 unspecified atom stereocenters. The summed E-state index contributed by atoms with van der Waals surface area (Å²) in [5.41, 5.74) is 7.09. The van der Waals surface area contributed by atoms with Crippen LogP contribution in [0.1, 0.15) is 21.5 Å². The topological polar surface area (TPSA) is 126 Å². The number of nitrogens with zero attached hydrogens (tertiary/aromatic N) is 2. The van der Waals surface area contributed by atoms with E-state index in [-0.39, 0.29) is 38.7 Å². The summed E-state index contributed by atoms with van der Waals surface area (Å²) >= 11 is 13.2. The number of carbonyl (C=O) groups excluding carboxylic acids is 2. The first-order valence-electron chi connectivity index (χ1n) is 8.32. The van der Waals surface area contributed by atoms with Gasteiger partial charge in [-0.05, 0) is 53.7 Å². The number of nitrogens with two attached hydrogens (primary N) is 1. The van der Waals surface area contributed by atoms with Gasteiger partial charge in [-0.3, -0.25) is 9.59 Å². The van der Waals surface area contributed by atoms with Gasteiger partial charge in [0.05, 0.1) is 34.0 Å². The zero-order valence-electron chi connectivity index (χ0n) is 15.9. The summed E-state index contributed by atoms with van der Waals surface area (Å²) in [7, 11) is 1.42. The number of hydrogen-bond acceptors (Lipinski definition) is 7. The zero-order chi connectivity index (χ0) is 23.1. The molecule has 31 heavy (non-hydrogen) atoms. The highest BCUT2D eigenvalue weighted by Crippen LogP contribution is 2.36. The van der Waals surface area contributed by atoms with E-state index in [0.717, 1.165) is 16.2 Å². The smallest absolute Gasteiger partial charge is 0.286 e. The maximum Gasteiger partial charge on any atom is 0.286 e. The number of hydrogen-bond donors (Lipinski definition) is 2. The first kappa shape index (κ1) is 24.9. The number of benzene rings is 2. The van der Waals surface area contributed by atoms with Crippen molar-refractivity contribution in [2.75, 3.05) is 12.4 Å². The summed E-state index contributed by atoms with van der Waals surface area (Å²) in [5.74, 6) is -0.320. The van der Waals surface area contributed by atoms with Gasteiger partial charge in [0.2, 0.25) is 0 Å². The number of amides is 1. The van der Waals surface area contributed by atoms with Crippen LogP contribution in [0.25, 0.3) is 6.08 Å². The molecule has 1 amide bonds. The van der Waals surface area contributed by atoms with Crippen molar-refractivity contribution in [3.63, 3.8) is 0 Å². The molecule has 0 radical (unpaired) electrons. The second-order valence-corrected chi connectivity index (χ2v) is 8.76. The molecule has 0 bridgehead atoms. The molecule has 2 aromatic carbocycles. The number of phenols is 1. The van der Waals surface area contributed by atoms with Crippen molar-refractivity contribution in [3.8, 4) is 17.6 Å². The third kappa shape index (κ3) is 6.83. The summed E-state index contributed by atoms with van der Waals surface area (Å²) in [6, 6.07) is 10.0. The van der Waals surface area contributed by atoms with Crippen LogP contribution in [0.5, 0.6) is 11.5 Å². The first-order valence-corrected chi connectivity index (χ1v) is 11.4. The Morgan fingerprint density at radius 2 is 2.10 bits per heavy atom. The molecule has 0 saturated heterocycles. The minimum atomic E-state index is -0.388. The Morgan fingerprint density at radius 3 is 2.65 bits per heavy atom. The van der Waals surface area contributed by atoms with Crippen LogP contribution in [0.2, 0.25) is 5.02 Å². The van der Waals surface area contributed by atoms with E-state index in [1.807, 2.05) is 6.07 Å². The van der Waals surface area contributed by atoms with Crippen molar-refractivity contribution in [1.82, 2.24) is 0 Å². The molecule has 3 N–H and O–H groups in total. The van der Waals surface area contributed by atoms with E-state index in [0.29, 0.717) is 21.6 Å². The van der Waals surface area contributed by atoms with Gasteiger partial charge >= 0.3 is 0 Å². The van der Waals surface area contributed by atoms with Crippen LogP contribution in [-0.2, 0) is 4.79 Å². The summed E-state index contributed by atoms with van der Waals surface area (Å²) in [5, 5.41) is 18.9. The minimum Gasteiger partial charge on any atom is -0.503 e. The van der Waals surface area contributed by atoms with Crippen LogP contribution in [0.15, 0.2) is 44.7 Å². The Hall–Kier alpha value is -2.32.